The molecule has 0 aliphatic heterocycles. The van der Waals surface area contributed by atoms with E-state index in [4.69, 9.17) is 0 Å². The molecule has 2 nitrogen and oxygen atoms in total. The van der Waals surface area contributed by atoms with E-state index >= 15 is 0 Å². The van der Waals surface area contributed by atoms with Crippen LogP contribution in [-0.2, 0) is 0 Å². The molecule has 0 saturated carbocycles. The Kier molecular flexibility index (Phi) is 2.66. The molecule has 0 aliphatic carbocycles. The summed E-state index contributed by atoms with van der Waals surface area (Å²) in [5, 5.41) is 0. The molecule has 0 radical (unpaired) electrons. The summed E-state index contributed by atoms with van der Waals surface area (Å²) in [4.78, 5) is 12.8. The van der Waals surface area contributed by atoms with Crippen LogP contribution in [-0.4, -0.2) is 24.9 Å². The predicted molar refractivity (Wildman–Crippen MR) is 49.2 cm³/mol. The minimum absolute atomic E-state index is 0.160. The number of hydrogen-bond acceptors (Lipinski definition) is 1. The summed E-state index contributed by atoms with van der Waals surface area (Å²) < 4.78 is 13.2. The van der Waals surface area contributed by atoms with Gasteiger partial charge in [0, 0.05) is 14.1 Å². The maximum Gasteiger partial charge on any atom is 0.256 e. The van der Waals surface area contributed by atoms with Crippen LogP contribution in [0.1, 0.15) is 15.9 Å². The van der Waals surface area contributed by atoms with Crippen molar-refractivity contribution in [2.24, 2.45) is 0 Å². The zero-order valence-corrected chi connectivity index (χ0v) is 7.97. The molecule has 0 aromatic heterocycles. The Bertz CT molecular complexity index is 313. The lowest BCUT2D eigenvalue weighted by molar-refractivity contribution is 0.0822. The zero-order chi connectivity index (χ0) is 10.0. The number of hydrogen-bond donors (Lipinski definition) is 0. The summed E-state index contributed by atoms with van der Waals surface area (Å²) in [5.41, 5.74) is 0.825. The maximum absolute atomic E-state index is 13.2. The molecular weight excluding hydrogens is 169 g/mol. The molecule has 0 unspecified atom stereocenters. The standard InChI is InChI=1S/C10H12FNO/c1-7-5-4-6-8(11)9(7)10(13)12(2)3/h4-6H,1-3H3. The van der Waals surface area contributed by atoms with Crippen molar-refractivity contribution >= 4 is 5.91 Å². The molecule has 0 saturated heterocycles. The molecule has 3 heteroatoms. The van der Waals surface area contributed by atoms with Crippen LogP contribution >= 0.6 is 0 Å². The SMILES string of the molecule is Cc1cccc(F)c1C(=O)N(C)C. The number of carbonyl (C=O) groups excluding carboxylic acids is 1. The number of aryl methyl sites for hydroxylation is 1. The van der Waals surface area contributed by atoms with E-state index in [9.17, 15) is 9.18 Å². The van der Waals surface area contributed by atoms with Gasteiger partial charge in [-0.1, -0.05) is 12.1 Å². The normalized spacial score (nSPS) is 9.85. The van der Waals surface area contributed by atoms with Gasteiger partial charge in [0.15, 0.2) is 0 Å². The molecule has 70 valence electrons. The average molecular weight is 181 g/mol. The van der Waals surface area contributed by atoms with E-state index in [2.05, 4.69) is 0 Å². The summed E-state index contributed by atoms with van der Waals surface area (Å²) in [7, 11) is 3.21. The molecule has 1 aromatic carbocycles. The number of halogens is 1. The summed E-state index contributed by atoms with van der Waals surface area (Å²) in [6, 6.07) is 4.61. The lowest BCUT2D eigenvalue weighted by Crippen LogP contribution is -2.23. The van der Waals surface area contributed by atoms with Crippen LogP contribution in [0.5, 0.6) is 0 Å². The topological polar surface area (TPSA) is 20.3 Å². The minimum Gasteiger partial charge on any atom is -0.345 e. The Balaban J connectivity index is 3.20. The molecule has 0 atom stereocenters. The third kappa shape index (κ3) is 1.86. The Hall–Kier alpha value is -1.38. The predicted octanol–water partition coefficient (Wildman–Crippen LogP) is 1.84. The van der Waals surface area contributed by atoms with Crippen molar-refractivity contribution in [1.29, 1.82) is 0 Å². The fraction of sp³-hybridized carbons (Fsp3) is 0.300. The largest absolute Gasteiger partial charge is 0.345 e. The van der Waals surface area contributed by atoms with Crippen molar-refractivity contribution in [1.82, 2.24) is 4.90 Å². The Labute approximate surface area is 77.0 Å². The molecule has 0 N–H and O–H groups in total. The van der Waals surface area contributed by atoms with Crippen molar-refractivity contribution in [2.75, 3.05) is 14.1 Å². The van der Waals surface area contributed by atoms with Crippen molar-refractivity contribution in [3.05, 3.63) is 35.1 Å². The maximum atomic E-state index is 13.2. The van der Waals surface area contributed by atoms with E-state index in [1.54, 1.807) is 33.2 Å². The Morgan fingerprint density at radius 1 is 1.38 bits per heavy atom. The number of benzene rings is 1. The first-order valence-corrected chi connectivity index (χ1v) is 4.01. The van der Waals surface area contributed by atoms with E-state index in [0.717, 1.165) is 0 Å². The number of rotatable bonds is 1. The van der Waals surface area contributed by atoms with Crippen LogP contribution in [0.15, 0.2) is 18.2 Å². The Morgan fingerprint density at radius 2 is 2.00 bits per heavy atom. The molecule has 0 aliphatic rings. The third-order valence-corrected chi connectivity index (χ3v) is 1.84. The van der Waals surface area contributed by atoms with E-state index in [-0.39, 0.29) is 11.5 Å². The highest BCUT2D eigenvalue weighted by atomic mass is 19.1. The van der Waals surface area contributed by atoms with Crippen molar-refractivity contribution in [3.8, 4) is 0 Å². The van der Waals surface area contributed by atoms with Crippen LogP contribution in [0.3, 0.4) is 0 Å². The van der Waals surface area contributed by atoms with Gasteiger partial charge in [0.1, 0.15) is 5.82 Å². The second kappa shape index (κ2) is 3.56. The minimum atomic E-state index is -0.460. The van der Waals surface area contributed by atoms with Gasteiger partial charge in [0.05, 0.1) is 5.56 Å². The molecule has 1 aromatic rings. The average Bonchev–Trinajstić information content (AvgIpc) is 2.03. The first-order chi connectivity index (χ1) is 6.04. The van der Waals surface area contributed by atoms with Crippen LogP contribution in [0.25, 0.3) is 0 Å². The molecule has 1 rings (SSSR count). The second-order valence-electron chi connectivity index (χ2n) is 3.13. The smallest absolute Gasteiger partial charge is 0.256 e. The number of nitrogens with zero attached hydrogens (tertiary/aromatic N) is 1. The van der Waals surface area contributed by atoms with Crippen LogP contribution < -0.4 is 0 Å². The van der Waals surface area contributed by atoms with Gasteiger partial charge < -0.3 is 4.90 Å². The quantitative estimate of drug-likeness (QED) is 0.647. The zero-order valence-electron chi connectivity index (χ0n) is 7.97. The summed E-state index contributed by atoms with van der Waals surface area (Å²) in [5.74, 6) is -0.755. The summed E-state index contributed by atoms with van der Waals surface area (Å²) >= 11 is 0. The van der Waals surface area contributed by atoms with E-state index < -0.39 is 5.82 Å². The van der Waals surface area contributed by atoms with Crippen LogP contribution in [0, 0.1) is 12.7 Å². The fourth-order valence-electron chi connectivity index (χ4n) is 1.13. The Morgan fingerprint density at radius 3 is 2.46 bits per heavy atom. The van der Waals surface area contributed by atoms with Gasteiger partial charge in [-0.15, -0.1) is 0 Å². The van der Waals surface area contributed by atoms with E-state index in [1.807, 2.05) is 0 Å². The second-order valence-corrected chi connectivity index (χ2v) is 3.13. The van der Waals surface area contributed by atoms with Crippen molar-refractivity contribution < 1.29 is 9.18 Å². The number of carbonyl (C=O) groups is 1. The summed E-state index contributed by atoms with van der Waals surface area (Å²) in [6.45, 7) is 1.72. The molecule has 0 fully saturated rings. The lowest BCUT2D eigenvalue weighted by Gasteiger charge is -2.12. The highest BCUT2D eigenvalue weighted by molar-refractivity contribution is 5.95. The highest BCUT2D eigenvalue weighted by Gasteiger charge is 2.15. The molecular formula is C10H12FNO. The monoisotopic (exact) mass is 181 g/mol. The van der Waals surface area contributed by atoms with Crippen molar-refractivity contribution in [2.45, 2.75) is 6.92 Å². The molecule has 13 heavy (non-hydrogen) atoms. The molecule has 0 spiro atoms. The highest BCUT2D eigenvalue weighted by Crippen LogP contribution is 2.13. The van der Waals surface area contributed by atoms with Gasteiger partial charge in [-0.25, -0.2) is 4.39 Å². The van der Waals surface area contributed by atoms with Gasteiger partial charge in [0.2, 0.25) is 0 Å². The van der Waals surface area contributed by atoms with Crippen LogP contribution in [0.4, 0.5) is 4.39 Å². The van der Waals surface area contributed by atoms with E-state index in [0.29, 0.717) is 5.56 Å². The lowest BCUT2D eigenvalue weighted by atomic mass is 10.1. The van der Waals surface area contributed by atoms with Crippen molar-refractivity contribution in [3.63, 3.8) is 0 Å². The first kappa shape index (κ1) is 9.71. The first-order valence-electron chi connectivity index (χ1n) is 4.01. The van der Waals surface area contributed by atoms with Gasteiger partial charge >= 0.3 is 0 Å². The van der Waals surface area contributed by atoms with Crippen LogP contribution in [0.2, 0.25) is 0 Å². The molecule has 0 heterocycles. The van der Waals surface area contributed by atoms with Gasteiger partial charge in [-0.05, 0) is 18.6 Å². The fourth-order valence-corrected chi connectivity index (χ4v) is 1.13. The van der Waals surface area contributed by atoms with Gasteiger partial charge in [-0.3, -0.25) is 4.79 Å². The molecule has 0 bridgehead atoms. The summed E-state index contributed by atoms with van der Waals surface area (Å²) in [6.07, 6.45) is 0. The number of amides is 1. The van der Waals surface area contributed by atoms with Gasteiger partial charge in [0.25, 0.3) is 5.91 Å². The third-order valence-electron chi connectivity index (χ3n) is 1.84. The molecule has 1 amide bonds. The van der Waals surface area contributed by atoms with E-state index in [1.165, 1.54) is 11.0 Å². The van der Waals surface area contributed by atoms with Gasteiger partial charge in [-0.2, -0.15) is 0 Å².